The van der Waals surface area contributed by atoms with Crippen LogP contribution in [0.1, 0.15) is 5.56 Å². The Kier molecular flexibility index (Phi) is 3.28. The first kappa shape index (κ1) is 12.9. The molecule has 3 nitrogen and oxygen atoms in total. The molecule has 0 atom stereocenters. The summed E-state index contributed by atoms with van der Waals surface area (Å²) in [6.45, 7) is 2.05. The molecule has 100 valence electrons. The van der Waals surface area contributed by atoms with Crippen LogP contribution < -0.4 is 4.74 Å². The number of nitrogens with zero attached hydrogens (tertiary/aromatic N) is 2. The van der Waals surface area contributed by atoms with Gasteiger partial charge in [0.15, 0.2) is 5.82 Å². The zero-order chi connectivity index (χ0) is 14.1. The van der Waals surface area contributed by atoms with Gasteiger partial charge in [0, 0.05) is 10.9 Å². The lowest BCUT2D eigenvalue weighted by Crippen LogP contribution is -1.93. The predicted molar refractivity (Wildman–Crippen MR) is 81.3 cm³/mol. The Morgan fingerprint density at radius 3 is 2.45 bits per heavy atom. The van der Waals surface area contributed by atoms with Crippen molar-refractivity contribution in [2.75, 3.05) is 7.11 Å². The molecule has 0 saturated carbocycles. The minimum absolute atomic E-state index is 0.435. The first-order chi connectivity index (χ1) is 9.67. The highest BCUT2D eigenvalue weighted by molar-refractivity contribution is 6.34. The summed E-state index contributed by atoms with van der Waals surface area (Å²) in [5, 5.41) is 1.23. The third kappa shape index (κ3) is 2.32. The van der Waals surface area contributed by atoms with Crippen molar-refractivity contribution >= 4 is 22.5 Å². The number of hydrogen-bond donors (Lipinski definition) is 0. The summed E-state index contributed by atoms with van der Waals surface area (Å²) in [6.07, 6.45) is 0. The zero-order valence-electron chi connectivity index (χ0n) is 11.2. The van der Waals surface area contributed by atoms with Gasteiger partial charge in [-0.1, -0.05) is 41.4 Å². The Morgan fingerprint density at radius 2 is 1.75 bits per heavy atom. The fourth-order valence-corrected chi connectivity index (χ4v) is 2.26. The summed E-state index contributed by atoms with van der Waals surface area (Å²) in [5.41, 5.74) is 2.96. The molecule has 20 heavy (non-hydrogen) atoms. The van der Waals surface area contributed by atoms with E-state index >= 15 is 0 Å². The van der Waals surface area contributed by atoms with Crippen LogP contribution in [0.5, 0.6) is 5.75 Å². The Labute approximate surface area is 122 Å². The fourth-order valence-electron chi connectivity index (χ4n) is 2.03. The Hall–Kier alpha value is -2.13. The highest BCUT2D eigenvalue weighted by atomic mass is 35.5. The van der Waals surface area contributed by atoms with Crippen LogP contribution in [-0.4, -0.2) is 17.1 Å². The van der Waals surface area contributed by atoms with Gasteiger partial charge in [-0.25, -0.2) is 9.97 Å². The molecule has 3 rings (SSSR count). The minimum Gasteiger partial charge on any atom is -0.497 e. The van der Waals surface area contributed by atoms with Crippen molar-refractivity contribution in [2.45, 2.75) is 6.92 Å². The van der Waals surface area contributed by atoms with Gasteiger partial charge in [-0.05, 0) is 25.1 Å². The number of aryl methyl sites for hydroxylation is 1. The molecule has 0 aliphatic heterocycles. The quantitative estimate of drug-likeness (QED) is 0.659. The van der Waals surface area contributed by atoms with E-state index in [1.54, 1.807) is 7.11 Å². The largest absolute Gasteiger partial charge is 0.497 e. The third-order valence-electron chi connectivity index (χ3n) is 3.17. The maximum atomic E-state index is 6.27. The number of rotatable bonds is 2. The molecule has 0 unspecified atom stereocenters. The summed E-state index contributed by atoms with van der Waals surface area (Å²) in [7, 11) is 1.62. The van der Waals surface area contributed by atoms with Crippen LogP contribution in [0.3, 0.4) is 0 Å². The molecule has 0 aliphatic carbocycles. The molecule has 2 aromatic carbocycles. The Morgan fingerprint density at radius 1 is 1.00 bits per heavy atom. The van der Waals surface area contributed by atoms with Crippen LogP contribution in [0.15, 0.2) is 42.5 Å². The van der Waals surface area contributed by atoms with Crippen LogP contribution in [0.25, 0.3) is 22.3 Å². The molecule has 4 heteroatoms. The van der Waals surface area contributed by atoms with Crippen LogP contribution in [0, 0.1) is 6.92 Å². The van der Waals surface area contributed by atoms with Gasteiger partial charge in [-0.3, -0.25) is 0 Å². The molecule has 0 amide bonds. The molecule has 0 spiro atoms. The smallest absolute Gasteiger partial charge is 0.161 e. The van der Waals surface area contributed by atoms with E-state index in [4.69, 9.17) is 16.3 Å². The van der Waals surface area contributed by atoms with Gasteiger partial charge in [-0.2, -0.15) is 0 Å². The van der Waals surface area contributed by atoms with Gasteiger partial charge in [-0.15, -0.1) is 0 Å². The van der Waals surface area contributed by atoms with Crippen LogP contribution in [0.4, 0.5) is 0 Å². The average molecular weight is 285 g/mol. The molecule has 0 aliphatic rings. The summed E-state index contributed by atoms with van der Waals surface area (Å²) in [4.78, 5) is 8.94. The van der Waals surface area contributed by atoms with E-state index < -0.39 is 0 Å². The van der Waals surface area contributed by atoms with E-state index in [0.717, 1.165) is 22.2 Å². The van der Waals surface area contributed by atoms with E-state index in [1.165, 1.54) is 5.56 Å². The molecule has 0 fully saturated rings. The summed E-state index contributed by atoms with van der Waals surface area (Å²) < 4.78 is 5.19. The number of methoxy groups -OCH3 is 1. The molecule has 1 aromatic heterocycles. The number of ether oxygens (including phenoxy) is 1. The number of halogens is 1. The van der Waals surface area contributed by atoms with E-state index in [9.17, 15) is 0 Å². The first-order valence-corrected chi connectivity index (χ1v) is 6.63. The second kappa shape index (κ2) is 5.10. The molecular formula is C16H13ClN2O. The molecule has 0 saturated heterocycles. The second-order valence-corrected chi connectivity index (χ2v) is 4.95. The maximum Gasteiger partial charge on any atom is 0.161 e. The number of benzene rings is 2. The standard InChI is InChI=1S/C16H13ClN2O/c1-10-3-5-11(6-4-10)16-18-14-8-7-12(20-2)9-13(14)15(17)19-16/h3-9H,1-2H3. The van der Waals surface area contributed by atoms with E-state index in [0.29, 0.717) is 11.0 Å². The zero-order valence-corrected chi connectivity index (χ0v) is 12.0. The van der Waals surface area contributed by atoms with Crippen molar-refractivity contribution in [1.29, 1.82) is 0 Å². The van der Waals surface area contributed by atoms with Gasteiger partial charge in [0.2, 0.25) is 0 Å². The predicted octanol–water partition coefficient (Wildman–Crippen LogP) is 4.27. The first-order valence-electron chi connectivity index (χ1n) is 6.26. The lowest BCUT2D eigenvalue weighted by molar-refractivity contribution is 0.415. The number of hydrogen-bond acceptors (Lipinski definition) is 3. The van der Waals surface area contributed by atoms with Crippen molar-refractivity contribution < 1.29 is 4.74 Å². The van der Waals surface area contributed by atoms with E-state index in [1.807, 2.05) is 49.4 Å². The number of aromatic nitrogens is 2. The summed E-state index contributed by atoms with van der Waals surface area (Å²) >= 11 is 6.27. The Bertz CT molecular complexity index is 769. The van der Waals surface area contributed by atoms with Crippen molar-refractivity contribution in [3.8, 4) is 17.1 Å². The third-order valence-corrected chi connectivity index (χ3v) is 3.45. The van der Waals surface area contributed by atoms with Gasteiger partial charge < -0.3 is 4.74 Å². The van der Waals surface area contributed by atoms with Gasteiger partial charge in [0.1, 0.15) is 10.9 Å². The molecule has 0 radical (unpaired) electrons. The molecule has 0 bridgehead atoms. The van der Waals surface area contributed by atoms with Crippen molar-refractivity contribution in [1.82, 2.24) is 9.97 Å². The summed E-state index contributed by atoms with van der Waals surface area (Å²) in [6, 6.07) is 13.7. The average Bonchev–Trinajstić information content (AvgIpc) is 2.47. The highest BCUT2D eigenvalue weighted by Crippen LogP contribution is 2.27. The lowest BCUT2D eigenvalue weighted by Gasteiger charge is -2.06. The van der Waals surface area contributed by atoms with Gasteiger partial charge >= 0.3 is 0 Å². The van der Waals surface area contributed by atoms with E-state index in [2.05, 4.69) is 9.97 Å². The van der Waals surface area contributed by atoms with Crippen LogP contribution in [-0.2, 0) is 0 Å². The van der Waals surface area contributed by atoms with Gasteiger partial charge in [0.25, 0.3) is 0 Å². The van der Waals surface area contributed by atoms with Crippen LogP contribution >= 0.6 is 11.6 Å². The molecule has 1 heterocycles. The summed E-state index contributed by atoms with van der Waals surface area (Å²) in [5.74, 6) is 1.37. The van der Waals surface area contributed by atoms with Crippen molar-refractivity contribution in [3.63, 3.8) is 0 Å². The lowest BCUT2D eigenvalue weighted by atomic mass is 10.1. The molecule has 3 aromatic rings. The monoisotopic (exact) mass is 284 g/mol. The second-order valence-electron chi connectivity index (χ2n) is 4.59. The number of fused-ring (bicyclic) bond motifs is 1. The normalized spacial score (nSPS) is 10.8. The highest BCUT2D eigenvalue weighted by Gasteiger charge is 2.08. The maximum absolute atomic E-state index is 6.27. The fraction of sp³-hybridized carbons (Fsp3) is 0.125. The van der Waals surface area contributed by atoms with E-state index in [-0.39, 0.29) is 0 Å². The molecular weight excluding hydrogens is 272 g/mol. The van der Waals surface area contributed by atoms with Crippen molar-refractivity contribution in [3.05, 3.63) is 53.2 Å². The van der Waals surface area contributed by atoms with Crippen LogP contribution in [0.2, 0.25) is 5.15 Å². The SMILES string of the molecule is COc1ccc2nc(-c3ccc(C)cc3)nc(Cl)c2c1. The topological polar surface area (TPSA) is 35.0 Å². The minimum atomic E-state index is 0.435. The van der Waals surface area contributed by atoms with Gasteiger partial charge in [0.05, 0.1) is 12.6 Å². The Balaban J connectivity index is 2.17. The van der Waals surface area contributed by atoms with Crippen molar-refractivity contribution in [2.24, 2.45) is 0 Å². The molecule has 0 N–H and O–H groups in total.